The van der Waals surface area contributed by atoms with Crippen LogP contribution in [0.25, 0.3) is 6.08 Å². The van der Waals surface area contributed by atoms with Crippen LogP contribution < -0.4 is 13.8 Å². The number of anilines is 1. The van der Waals surface area contributed by atoms with E-state index in [1.165, 1.54) is 24.1 Å². The molecule has 0 bridgehead atoms. The molecule has 1 amide bonds. The zero-order chi connectivity index (χ0) is 21.3. The number of hydrogen-bond acceptors (Lipinski definition) is 7. The van der Waals surface area contributed by atoms with Gasteiger partial charge in [0.25, 0.3) is 5.91 Å². The quantitative estimate of drug-likeness (QED) is 0.340. The Hall–Kier alpha value is -1.78. The lowest BCUT2D eigenvalue weighted by atomic mass is 10.1. The van der Waals surface area contributed by atoms with Gasteiger partial charge in [-0.1, -0.05) is 53.2 Å². The van der Waals surface area contributed by atoms with Crippen molar-refractivity contribution in [1.82, 2.24) is 0 Å². The minimum absolute atomic E-state index is 0.0198. The van der Waals surface area contributed by atoms with Gasteiger partial charge in [-0.05, 0) is 42.0 Å². The van der Waals surface area contributed by atoms with Crippen LogP contribution in [0.5, 0.6) is 11.5 Å². The van der Waals surface area contributed by atoms with Crippen LogP contribution in [0.1, 0.15) is 5.56 Å². The molecule has 0 aromatic heterocycles. The van der Waals surface area contributed by atoms with Crippen molar-refractivity contribution < 1.29 is 22.1 Å². The van der Waals surface area contributed by atoms with E-state index in [1.54, 1.807) is 30.3 Å². The molecule has 2 aromatic rings. The second kappa shape index (κ2) is 8.53. The summed E-state index contributed by atoms with van der Waals surface area (Å²) in [6.07, 6.45) is 2.49. The molecule has 1 aliphatic rings. The van der Waals surface area contributed by atoms with Crippen molar-refractivity contribution in [3.05, 3.63) is 56.9 Å². The molecule has 0 atom stereocenters. The summed E-state index contributed by atoms with van der Waals surface area (Å²) in [5.74, 6) is -0.325. The van der Waals surface area contributed by atoms with Crippen molar-refractivity contribution in [2.45, 2.75) is 0 Å². The van der Waals surface area contributed by atoms with Gasteiger partial charge in [0.05, 0.1) is 29.0 Å². The SMILES string of the molecule is COc1cc(/C=C2/SC(=S)N(c3cccc(Cl)c3)C2=O)cc(Cl)c1OS(C)(=O)=O. The second-order valence-electron chi connectivity index (χ2n) is 5.82. The maximum absolute atomic E-state index is 12.9. The lowest BCUT2D eigenvalue weighted by Crippen LogP contribution is -2.27. The molecule has 11 heteroatoms. The van der Waals surface area contributed by atoms with Crippen LogP contribution in [-0.4, -0.2) is 32.0 Å². The molecule has 1 aliphatic heterocycles. The number of thioether (sulfide) groups is 1. The molecule has 29 heavy (non-hydrogen) atoms. The molecular formula is C18H13Cl2NO5S3. The van der Waals surface area contributed by atoms with Crippen molar-refractivity contribution in [1.29, 1.82) is 0 Å². The van der Waals surface area contributed by atoms with Crippen molar-refractivity contribution in [2.24, 2.45) is 0 Å². The molecule has 0 saturated carbocycles. The summed E-state index contributed by atoms with van der Waals surface area (Å²) >= 11 is 18.6. The zero-order valence-electron chi connectivity index (χ0n) is 15.0. The Kier molecular flexibility index (Phi) is 6.45. The van der Waals surface area contributed by atoms with Gasteiger partial charge < -0.3 is 8.92 Å². The van der Waals surface area contributed by atoms with Gasteiger partial charge in [-0.2, -0.15) is 8.42 Å². The summed E-state index contributed by atoms with van der Waals surface area (Å²) in [6, 6.07) is 9.79. The number of amides is 1. The maximum Gasteiger partial charge on any atom is 0.306 e. The molecule has 0 radical (unpaired) electrons. The standard InChI is InChI=1S/C18H13Cl2NO5S3/c1-25-14-7-10(6-13(20)16(14)26-29(2,23)24)8-15-17(22)21(18(27)28-15)12-5-3-4-11(19)9-12/h3-9H,1-2H3/b15-8+. The number of methoxy groups -OCH3 is 1. The molecule has 1 fully saturated rings. The summed E-state index contributed by atoms with van der Waals surface area (Å²) in [7, 11) is -2.45. The lowest BCUT2D eigenvalue weighted by molar-refractivity contribution is -0.113. The first-order valence-electron chi connectivity index (χ1n) is 7.89. The molecule has 0 unspecified atom stereocenters. The third-order valence-corrected chi connectivity index (χ3v) is 5.93. The van der Waals surface area contributed by atoms with Crippen LogP contribution in [0.15, 0.2) is 41.3 Å². The van der Waals surface area contributed by atoms with Crippen molar-refractivity contribution in [2.75, 3.05) is 18.3 Å². The first-order chi connectivity index (χ1) is 13.6. The summed E-state index contributed by atoms with van der Waals surface area (Å²) in [5, 5.41) is 0.504. The fourth-order valence-electron chi connectivity index (χ4n) is 2.51. The Bertz CT molecular complexity index is 1150. The number of carbonyl (C=O) groups is 1. The summed E-state index contributed by atoms with van der Waals surface area (Å²) in [6.45, 7) is 0. The van der Waals surface area contributed by atoms with E-state index < -0.39 is 10.1 Å². The van der Waals surface area contributed by atoms with E-state index in [1.807, 2.05) is 0 Å². The van der Waals surface area contributed by atoms with Crippen LogP contribution in [-0.2, 0) is 14.9 Å². The minimum atomic E-state index is -3.80. The van der Waals surface area contributed by atoms with Gasteiger partial charge in [-0.15, -0.1) is 0 Å². The molecule has 3 rings (SSSR count). The monoisotopic (exact) mass is 489 g/mol. The van der Waals surface area contributed by atoms with Gasteiger partial charge in [0.15, 0.2) is 10.1 Å². The van der Waals surface area contributed by atoms with E-state index in [2.05, 4.69) is 0 Å². The Morgan fingerprint density at radius 3 is 2.55 bits per heavy atom. The number of benzene rings is 2. The van der Waals surface area contributed by atoms with Gasteiger partial charge in [0.1, 0.15) is 0 Å². The predicted molar refractivity (Wildman–Crippen MR) is 121 cm³/mol. The minimum Gasteiger partial charge on any atom is -0.493 e. The van der Waals surface area contributed by atoms with E-state index in [4.69, 9.17) is 44.3 Å². The van der Waals surface area contributed by atoms with Crippen LogP contribution in [0.2, 0.25) is 10.0 Å². The summed E-state index contributed by atoms with van der Waals surface area (Å²) < 4.78 is 33.3. The second-order valence-corrected chi connectivity index (χ2v) is 9.91. The summed E-state index contributed by atoms with van der Waals surface area (Å²) in [4.78, 5) is 14.6. The number of ether oxygens (including phenoxy) is 1. The lowest BCUT2D eigenvalue weighted by Gasteiger charge is -2.14. The van der Waals surface area contributed by atoms with Crippen molar-refractivity contribution >= 4 is 79.3 Å². The van der Waals surface area contributed by atoms with E-state index in [-0.39, 0.29) is 22.4 Å². The number of thiocarbonyl (C=S) groups is 1. The fraction of sp³-hybridized carbons (Fsp3) is 0.111. The Labute approximate surface area is 187 Å². The highest BCUT2D eigenvalue weighted by Crippen LogP contribution is 2.40. The van der Waals surface area contributed by atoms with E-state index >= 15 is 0 Å². The Morgan fingerprint density at radius 2 is 1.93 bits per heavy atom. The molecular weight excluding hydrogens is 477 g/mol. The molecule has 2 aromatic carbocycles. The van der Waals surface area contributed by atoms with Crippen LogP contribution in [0, 0.1) is 0 Å². The highest BCUT2D eigenvalue weighted by molar-refractivity contribution is 8.27. The van der Waals surface area contributed by atoms with E-state index in [0.29, 0.717) is 25.5 Å². The molecule has 1 heterocycles. The Balaban J connectivity index is 1.97. The van der Waals surface area contributed by atoms with Crippen molar-refractivity contribution in [3.8, 4) is 11.5 Å². The third kappa shape index (κ3) is 5.04. The molecule has 1 saturated heterocycles. The maximum atomic E-state index is 12.9. The third-order valence-electron chi connectivity index (χ3n) is 3.64. The molecule has 152 valence electrons. The number of rotatable bonds is 5. The van der Waals surface area contributed by atoms with Gasteiger partial charge in [0, 0.05) is 5.02 Å². The van der Waals surface area contributed by atoms with Gasteiger partial charge >= 0.3 is 10.1 Å². The molecule has 0 N–H and O–H groups in total. The van der Waals surface area contributed by atoms with Gasteiger partial charge in [0.2, 0.25) is 5.75 Å². The number of halogens is 2. The van der Waals surface area contributed by atoms with Crippen LogP contribution in [0.3, 0.4) is 0 Å². The van der Waals surface area contributed by atoms with Gasteiger partial charge in [-0.25, -0.2) is 0 Å². The average molecular weight is 490 g/mol. The number of carbonyl (C=O) groups excluding carboxylic acids is 1. The van der Waals surface area contributed by atoms with E-state index in [9.17, 15) is 13.2 Å². The normalized spacial score (nSPS) is 15.9. The molecule has 0 spiro atoms. The molecule has 0 aliphatic carbocycles. The predicted octanol–water partition coefficient (Wildman–Crippen LogP) is 4.75. The van der Waals surface area contributed by atoms with E-state index in [0.717, 1.165) is 18.0 Å². The van der Waals surface area contributed by atoms with Crippen molar-refractivity contribution in [3.63, 3.8) is 0 Å². The highest BCUT2D eigenvalue weighted by Gasteiger charge is 2.33. The number of nitrogens with zero attached hydrogens (tertiary/aromatic N) is 1. The average Bonchev–Trinajstić information content (AvgIpc) is 2.89. The smallest absolute Gasteiger partial charge is 0.306 e. The molecule has 6 nitrogen and oxygen atoms in total. The largest absolute Gasteiger partial charge is 0.493 e. The fourth-order valence-corrected chi connectivity index (χ4v) is 4.77. The Morgan fingerprint density at radius 1 is 1.21 bits per heavy atom. The zero-order valence-corrected chi connectivity index (χ0v) is 19.0. The van der Waals surface area contributed by atoms with Gasteiger partial charge in [-0.3, -0.25) is 9.69 Å². The first-order valence-corrected chi connectivity index (χ1v) is 11.7. The first kappa shape index (κ1) is 21.9. The topological polar surface area (TPSA) is 72.9 Å². The number of hydrogen-bond donors (Lipinski definition) is 0. The highest BCUT2D eigenvalue weighted by atomic mass is 35.5. The summed E-state index contributed by atoms with van der Waals surface area (Å²) in [5.41, 5.74) is 1.08. The van der Waals surface area contributed by atoms with Crippen LogP contribution in [0.4, 0.5) is 5.69 Å². The van der Waals surface area contributed by atoms with Crippen LogP contribution >= 0.6 is 47.2 Å².